The van der Waals surface area contributed by atoms with Gasteiger partial charge in [-0.1, -0.05) is 65.2 Å². The summed E-state index contributed by atoms with van der Waals surface area (Å²) in [6.07, 6.45) is 14.4. The summed E-state index contributed by atoms with van der Waals surface area (Å²) in [5.74, 6) is 2.75. The smallest absolute Gasteiger partial charge is 0.00675 e. The molecule has 0 rings (SSSR count). The second-order valence-electron chi connectivity index (χ2n) is 4.44. The molecule has 0 aromatic heterocycles. The molecule has 0 aliphatic carbocycles. The zero-order chi connectivity index (χ0) is 11.2. The van der Waals surface area contributed by atoms with Crippen molar-refractivity contribution in [1.29, 1.82) is 0 Å². The molecule has 0 aromatic rings. The Morgan fingerprint density at radius 3 is 1.60 bits per heavy atom. The van der Waals surface area contributed by atoms with E-state index in [2.05, 4.69) is 25.6 Å². The Morgan fingerprint density at radius 1 is 0.533 bits per heavy atom. The summed E-state index contributed by atoms with van der Waals surface area (Å²) in [5, 5.41) is 0. The highest BCUT2D eigenvalue weighted by Crippen LogP contribution is 2.12. The molecule has 1 heteroatoms. The van der Waals surface area contributed by atoms with Crippen molar-refractivity contribution in [1.82, 2.24) is 0 Å². The van der Waals surface area contributed by atoms with Gasteiger partial charge in [0.2, 0.25) is 0 Å². The zero-order valence-electron chi connectivity index (χ0n) is 10.9. The average Bonchev–Trinajstić information content (AvgIpc) is 2.26. The fraction of sp³-hybridized carbons (Fsp3) is 1.00. The molecule has 0 amide bonds. The summed E-state index contributed by atoms with van der Waals surface area (Å²) in [6.45, 7) is 4.55. The van der Waals surface area contributed by atoms with Gasteiger partial charge in [-0.2, -0.15) is 11.8 Å². The summed E-state index contributed by atoms with van der Waals surface area (Å²) in [5.41, 5.74) is 0. The van der Waals surface area contributed by atoms with Crippen LogP contribution in [0.15, 0.2) is 0 Å². The standard InChI is InChI=1S/C14H30S/c1-3-5-6-7-8-9-10-11-12-14-15-13-4-2/h3-14H2,1-2H3. The van der Waals surface area contributed by atoms with Crippen molar-refractivity contribution in [3.63, 3.8) is 0 Å². The molecule has 0 saturated heterocycles. The van der Waals surface area contributed by atoms with E-state index >= 15 is 0 Å². The summed E-state index contributed by atoms with van der Waals surface area (Å²) in [7, 11) is 0. The van der Waals surface area contributed by atoms with Crippen molar-refractivity contribution in [2.24, 2.45) is 0 Å². The minimum Gasteiger partial charge on any atom is -0.162 e. The van der Waals surface area contributed by atoms with E-state index in [0.717, 1.165) is 0 Å². The number of rotatable bonds is 12. The second kappa shape index (κ2) is 14.3. The number of hydrogen-bond donors (Lipinski definition) is 0. The second-order valence-corrected chi connectivity index (χ2v) is 5.67. The van der Waals surface area contributed by atoms with Crippen molar-refractivity contribution >= 4 is 11.8 Å². The van der Waals surface area contributed by atoms with Crippen molar-refractivity contribution < 1.29 is 0 Å². The van der Waals surface area contributed by atoms with Gasteiger partial charge in [-0.25, -0.2) is 0 Å². The van der Waals surface area contributed by atoms with Gasteiger partial charge in [-0.05, 0) is 24.3 Å². The Bertz CT molecular complexity index is 89.5. The highest BCUT2D eigenvalue weighted by molar-refractivity contribution is 7.99. The fourth-order valence-corrected chi connectivity index (χ4v) is 2.66. The first-order chi connectivity index (χ1) is 7.41. The van der Waals surface area contributed by atoms with Crippen molar-refractivity contribution in [2.75, 3.05) is 11.5 Å². The molecule has 0 fully saturated rings. The normalized spacial score (nSPS) is 10.8. The van der Waals surface area contributed by atoms with Crippen molar-refractivity contribution in [3.05, 3.63) is 0 Å². The van der Waals surface area contributed by atoms with Gasteiger partial charge in [0.25, 0.3) is 0 Å². The van der Waals surface area contributed by atoms with Crippen LogP contribution in [0.3, 0.4) is 0 Å². The number of unbranched alkanes of at least 4 members (excludes halogenated alkanes) is 8. The molecule has 0 atom stereocenters. The Hall–Kier alpha value is 0.350. The Balaban J connectivity index is 2.81. The van der Waals surface area contributed by atoms with Gasteiger partial charge in [-0.3, -0.25) is 0 Å². The predicted molar refractivity (Wildman–Crippen MR) is 74.8 cm³/mol. The van der Waals surface area contributed by atoms with Crippen LogP contribution in [0.25, 0.3) is 0 Å². The van der Waals surface area contributed by atoms with E-state index in [1.165, 1.54) is 75.7 Å². The maximum Gasteiger partial charge on any atom is -0.00675 e. The van der Waals surface area contributed by atoms with Crippen molar-refractivity contribution in [2.45, 2.75) is 78.1 Å². The van der Waals surface area contributed by atoms with E-state index in [-0.39, 0.29) is 0 Å². The fourth-order valence-electron chi connectivity index (χ4n) is 1.76. The Kier molecular flexibility index (Phi) is 14.7. The third-order valence-electron chi connectivity index (χ3n) is 2.74. The Labute approximate surface area is 102 Å². The van der Waals surface area contributed by atoms with Crippen LogP contribution in [0.2, 0.25) is 0 Å². The van der Waals surface area contributed by atoms with E-state index in [1.807, 2.05) is 0 Å². The lowest BCUT2D eigenvalue weighted by molar-refractivity contribution is 0.573. The maximum atomic E-state index is 2.29. The largest absolute Gasteiger partial charge is 0.162 e. The van der Waals surface area contributed by atoms with Gasteiger partial charge in [-0.15, -0.1) is 0 Å². The SMILES string of the molecule is CCCCCCCCCCCSCCC. The summed E-state index contributed by atoms with van der Waals surface area (Å²) < 4.78 is 0. The topological polar surface area (TPSA) is 0 Å². The number of thioether (sulfide) groups is 1. The van der Waals surface area contributed by atoms with Crippen LogP contribution in [0.5, 0.6) is 0 Å². The third kappa shape index (κ3) is 14.4. The minimum atomic E-state index is 1.34. The molecule has 0 unspecified atom stereocenters. The molecule has 0 nitrogen and oxygen atoms in total. The molecule has 0 spiro atoms. The van der Waals surface area contributed by atoms with Crippen LogP contribution in [0.4, 0.5) is 0 Å². The highest BCUT2D eigenvalue weighted by atomic mass is 32.2. The van der Waals surface area contributed by atoms with Crippen LogP contribution >= 0.6 is 11.8 Å². The molecule has 92 valence electrons. The highest BCUT2D eigenvalue weighted by Gasteiger charge is 1.92. The molecule has 15 heavy (non-hydrogen) atoms. The average molecular weight is 230 g/mol. The lowest BCUT2D eigenvalue weighted by atomic mass is 10.1. The molecule has 0 bridgehead atoms. The van der Waals surface area contributed by atoms with E-state index in [0.29, 0.717) is 0 Å². The molecule has 0 radical (unpaired) electrons. The predicted octanol–water partition coefficient (Wildman–Crippen LogP) is 5.66. The van der Waals surface area contributed by atoms with Crippen LogP contribution < -0.4 is 0 Å². The summed E-state index contributed by atoms with van der Waals surface area (Å²) in [4.78, 5) is 0. The van der Waals surface area contributed by atoms with Crippen LogP contribution in [-0.2, 0) is 0 Å². The quantitative estimate of drug-likeness (QED) is 0.390. The lowest BCUT2D eigenvalue weighted by Gasteiger charge is -2.01. The zero-order valence-corrected chi connectivity index (χ0v) is 11.7. The van der Waals surface area contributed by atoms with Gasteiger partial charge in [0.15, 0.2) is 0 Å². The molecule has 0 aromatic carbocycles. The van der Waals surface area contributed by atoms with E-state index < -0.39 is 0 Å². The first-order valence-electron chi connectivity index (χ1n) is 6.99. The van der Waals surface area contributed by atoms with Gasteiger partial charge < -0.3 is 0 Å². The molecule has 0 heterocycles. The Morgan fingerprint density at radius 2 is 1.07 bits per heavy atom. The van der Waals surface area contributed by atoms with Crippen LogP contribution in [0.1, 0.15) is 78.1 Å². The molecule has 0 aliphatic heterocycles. The maximum absolute atomic E-state index is 2.29. The molecule has 0 saturated carbocycles. The van der Waals surface area contributed by atoms with E-state index in [4.69, 9.17) is 0 Å². The van der Waals surface area contributed by atoms with Crippen LogP contribution in [0, 0.1) is 0 Å². The van der Waals surface area contributed by atoms with E-state index in [1.54, 1.807) is 0 Å². The number of hydrogen-bond acceptors (Lipinski definition) is 1. The van der Waals surface area contributed by atoms with E-state index in [9.17, 15) is 0 Å². The molecule has 0 N–H and O–H groups in total. The molecular weight excluding hydrogens is 200 g/mol. The van der Waals surface area contributed by atoms with Gasteiger partial charge in [0, 0.05) is 0 Å². The van der Waals surface area contributed by atoms with Gasteiger partial charge >= 0.3 is 0 Å². The molecular formula is C14H30S. The van der Waals surface area contributed by atoms with Crippen LogP contribution in [-0.4, -0.2) is 11.5 Å². The third-order valence-corrected chi connectivity index (χ3v) is 4.01. The first-order valence-corrected chi connectivity index (χ1v) is 8.15. The summed E-state index contributed by atoms with van der Waals surface area (Å²) >= 11 is 2.13. The monoisotopic (exact) mass is 230 g/mol. The van der Waals surface area contributed by atoms with Gasteiger partial charge in [0.05, 0.1) is 0 Å². The van der Waals surface area contributed by atoms with Crippen molar-refractivity contribution in [3.8, 4) is 0 Å². The molecule has 0 aliphatic rings. The lowest BCUT2D eigenvalue weighted by Crippen LogP contribution is -1.84. The first kappa shape index (κ1) is 15.3. The summed E-state index contributed by atoms with van der Waals surface area (Å²) in [6, 6.07) is 0. The minimum absolute atomic E-state index is 1.34. The van der Waals surface area contributed by atoms with Gasteiger partial charge in [0.1, 0.15) is 0 Å².